The number of aromatic hydroxyl groups is 1. The molecule has 0 spiro atoms. The van der Waals surface area contributed by atoms with Crippen LogP contribution >= 0.6 is 0 Å². The number of hydrogen-bond donors (Lipinski definition) is 2. The normalized spacial score (nSPS) is 18.8. The molecule has 4 aliphatic heterocycles. The Morgan fingerprint density at radius 1 is 0.395 bits per heavy atom. The van der Waals surface area contributed by atoms with Gasteiger partial charge in [-0.25, -0.2) is 0 Å². The molecule has 8 aromatic rings. The Balaban J connectivity index is 0.000000153. The Kier molecular flexibility index (Phi) is 27.4. The van der Waals surface area contributed by atoms with Gasteiger partial charge in [0.05, 0.1) is 12.7 Å². The Morgan fingerprint density at radius 3 is 1.36 bits per heavy atom. The second-order valence-electron chi connectivity index (χ2n) is 40.1. The van der Waals surface area contributed by atoms with Crippen molar-refractivity contribution in [2.24, 2.45) is 0 Å². The van der Waals surface area contributed by atoms with Crippen LogP contribution < -0.4 is 23.7 Å². The molecule has 114 heavy (non-hydrogen) atoms. The largest absolute Gasteiger partial charge is 0.586 e. The molecule has 0 bridgehead atoms. The Bertz CT molecular complexity index is 4590. The zero-order valence-corrected chi connectivity index (χ0v) is 72.8. The van der Waals surface area contributed by atoms with Crippen LogP contribution in [0.4, 0.5) is 26.3 Å². The molecule has 8 nitrogen and oxygen atoms in total. The van der Waals surface area contributed by atoms with Crippen LogP contribution in [-0.2, 0) is 82.0 Å². The fourth-order valence-corrected chi connectivity index (χ4v) is 15.5. The molecule has 620 valence electrons. The van der Waals surface area contributed by atoms with Crippen molar-refractivity contribution in [3.05, 3.63) is 246 Å². The van der Waals surface area contributed by atoms with Gasteiger partial charge in [-0.15, -0.1) is 8.78 Å². The highest BCUT2D eigenvalue weighted by atomic mass is 19.3. The predicted molar refractivity (Wildman–Crippen MR) is 454 cm³/mol. The van der Waals surface area contributed by atoms with Crippen LogP contribution in [-0.4, -0.2) is 53.8 Å². The van der Waals surface area contributed by atoms with E-state index in [1.54, 1.807) is 29.3 Å². The maximum absolute atomic E-state index is 13.0. The summed E-state index contributed by atoms with van der Waals surface area (Å²) < 4.78 is 99.8. The second kappa shape index (κ2) is 34.7. The molecule has 8 aromatic carbocycles. The van der Waals surface area contributed by atoms with Crippen LogP contribution in [0.3, 0.4) is 0 Å². The average Bonchev–Trinajstić information content (AvgIpc) is 0.942. The van der Waals surface area contributed by atoms with Crippen LogP contribution in [0.1, 0.15) is 311 Å². The third-order valence-electron chi connectivity index (χ3n) is 22.8. The summed E-state index contributed by atoms with van der Waals surface area (Å²) in [6.45, 7) is 52.8. The predicted octanol–water partition coefficient (Wildman–Crippen LogP) is 26.6. The lowest BCUT2D eigenvalue weighted by Crippen LogP contribution is -2.52. The first kappa shape index (κ1) is 90.0. The van der Waals surface area contributed by atoms with E-state index in [0.717, 1.165) is 74.2 Å². The van der Waals surface area contributed by atoms with Gasteiger partial charge in [-0.3, -0.25) is 0 Å². The summed E-state index contributed by atoms with van der Waals surface area (Å²) in [6, 6.07) is 51.3. The maximum Gasteiger partial charge on any atom is 0.586 e. The third kappa shape index (κ3) is 23.0. The second-order valence-corrected chi connectivity index (χ2v) is 40.1. The topological polar surface area (TPSA) is 89.9 Å². The van der Waals surface area contributed by atoms with E-state index in [1.165, 1.54) is 124 Å². The zero-order valence-electron chi connectivity index (χ0n) is 72.8. The maximum atomic E-state index is 13.0. The summed E-state index contributed by atoms with van der Waals surface area (Å²) in [5.41, 5.74) is 23.4. The third-order valence-corrected chi connectivity index (χ3v) is 22.8. The number of fused-ring (bicyclic) bond motifs is 7. The molecule has 14 heteroatoms. The van der Waals surface area contributed by atoms with E-state index in [-0.39, 0.29) is 67.0 Å². The van der Waals surface area contributed by atoms with E-state index < -0.39 is 18.5 Å². The number of nitrogens with zero attached hydrogens (tertiary/aromatic N) is 1. The number of phenols is 1. The fraction of sp³-hybridized carbons (Fsp3) is 0.520. The Morgan fingerprint density at radius 2 is 0.825 bits per heavy atom. The van der Waals surface area contributed by atoms with E-state index in [9.17, 15) is 36.6 Å². The molecule has 0 aromatic heterocycles. The van der Waals surface area contributed by atoms with Gasteiger partial charge >= 0.3 is 18.5 Å². The SMILES string of the molecule is CC(C)(C)c1cc2c(cc1O)CCCC2.CC(C)(C)c1ccc2c(c1)C(O)CCC2.CC(C)(C)c1ccc2c(c1)CCCC2.CC(C)(C)c1ccc2c(c1)OC(F)(F)C(F)(F)O2.CC(C)(C)c1ccc2c(c1)OC(F)(F)O2.CC(C)(C)c1ccc2c(c1)OCCC2(C)C.CN1Cc2c(cccc2C(C)(C)C)C(c2ccccc2)C1. The monoisotopic (exact) mass is 1570 g/mol. The number of aliphatic hydroxyl groups is 1. The molecule has 2 N–H and O–H groups in total. The molecule has 0 saturated heterocycles. The van der Waals surface area contributed by atoms with Crippen molar-refractivity contribution < 1.29 is 60.2 Å². The summed E-state index contributed by atoms with van der Waals surface area (Å²) in [5.74, 6) is 1.48. The highest BCUT2D eigenvalue weighted by Crippen LogP contribution is 2.50. The number of benzene rings is 8. The minimum atomic E-state index is -4.67. The molecule has 0 saturated carbocycles. The molecule has 2 unspecified atom stereocenters. The molecule has 2 atom stereocenters. The van der Waals surface area contributed by atoms with Crippen molar-refractivity contribution in [1.82, 2.24) is 4.90 Å². The minimum absolute atomic E-state index is 0.0383. The average molecular weight is 1570 g/mol. The van der Waals surface area contributed by atoms with E-state index >= 15 is 0 Å². The van der Waals surface area contributed by atoms with Gasteiger partial charge in [-0.1, -0.05) is 275 Å². The van der Waals surface area contributed by atoms with Gasteiger partial charge in [0.25, 0.3) is 0 Å². The lowest BCUT2D eigenvalue weighted by Gasteiger charge is -2.36. The van der Waals surface area contributed by atoms with Crippen LogP contribution in [0.5, 0.6) is 34.5 Å². The lowest BCUT2D eigenvalue weighted by molar-refractivity contribution is -0.391. The minimum Gasteiger partial charge on any atom is -0.508 e. The van der Waals surface area contributed by atoms with Crippen LogP contribution in [0, 0.1) is 0 Å². The van der Waals surface area contributed by atoms with E-state index in [1.807, 2.05) is 47.6 Å². The number of likely N-dealkylation sites (N-methyl/N-ethyl adjacent to an activating group) is 1. The molecule has 3 aliphatic carbocycles. The van der Waals surface area contributed by atoms with Crippen molar-refractivity contribution in [1.29, 1.82) is 0 Å². The van der Waals surface area contributed by atoms with Gasteiger partial charge in [0.15, 0.2) is 23.0 Å². The highest BCUT2D eigenvalue weighted by molar-refractivity contribution is 5.51. The van der Waals surface area contributed by atoms with Gasteiger partial charge < -0.3 is 38.8 Å². The fourth-order valence-electron chi connectivity index (χ4n) is 15.5. The summed E-state index contributed by atoms with van der Waals surface area (Å²) >= 11 is 0. The number of phenolic OH excluding ortho intramolecular Hbond substituents is 1. The first-order chi connectivity index (χ1) is 52.6. The molecule has 4 heterocycles. The standard InChI is InChI=1S/C20H25N.C15H22O.2C14H20O.C14H20.C12H12F4O2.C11H12F2O2/c1-20(2,3)19-12-8-11-16-17(13-21(4)14-18(16)19)15-9-6-5-7-10-15;1-14(2,3)11-6-7-12-13(10-11)16-9-8-15(12,4)5;1-14(2,3)11-8-7-10-5-4-6-13(15)12(10)9-11;1-14(2,3)12-8-10-6-4-5-7-11(10)9-13(12)15;1-14(2,3)13-9-8-11-6-4-5-7-12(11)10-13;1-10(2,3)7-4-5-8-9(6-7)18-12(15,16)11(13,14)17-8;1-10(2,3)7-4-5-8-9(6-7)15-11(12,13)14-8/h5-12,17H,13-14H2,1-4H3;6-7,10H,8-9H2,1-5H3;7-9,13,15H,4-6H2,1-3H3;8-9,15H,4-7H2,1-3H3;8-10H,4-7H2,1-3H3;4-6H,1-3H3;4-6H,1-3H3. The molecule has 7 aliphatic rings. The number of halogens is 6. The van der Waals surface area contributed by atoms with E-state index in [0.29, 0.717) is 22.6 Å². The summed E-state index contributed by atoms with van der Waals surface area (Å²) in [7, 11) is 2.23. The van der Waals surface area contributed by atoms with E-state index in [2.05, 4.69) is 258 Å². The first-order valence-electron chi connectivity index (χ1n) is 41.2. The van der Waals surface area contributed by atoms with Crippen LogP contribution in [0.15, 0.2) is 152 Å². The van der Waals surface area contributed by atoms with Gasteiger partial charge in [0.2, 0.25) is 0 Å². The highest BCUT2D eigenvalue weighted by Gasteiger charge is 2.66. The number of alkyl halides is 6. The molecular weight excluding hydrogens is 1440 g/mol. The molecular formula is C100H131F6NO7. The molecule has 0 fully saturated rings. The smallest absolute Gasteiger partial charge is 0.508 e. The number of aryl methyl sites for hydroxylation is 5. The molecule has 0 radical (unpaired) electrons. The van der Waals surface area contributed by atoms with Crippen molar-refractivity contribution in [2.45, 2.75) is 317 Å². The van der Waals surface area contributed by atoms with Crippen molar-refractivity contribution in [3.63, 3.8) is 0 Å². The van der Waals surface area contributed by atoms with Crippen molar-refractivity contribution in [2.75, 3.05) is 20.2 Å². The Labute approximate surface area is 679 Å². The number of aliphatic hydroxyl groups excluding tert-OH is 1. The summed E-state index contributed by atoms with van der Waals surface area (Å²) in [4.78, 5) is 2.45. The van der Waals surface area contributed by atoms with Crippen LogP contribution in [0.25, 0.3) is 0 Å². The molecule has 15 rings (SSSR count). The van der Waals surface area contributed by atoms with Crippen molar-refractivity contribution in [3.8, 4) is 34.5 Å². The quantitative estimate of drug-likeness (QED) is 0.157. The molecule has 0 amide bonds. The van der Waals surface area contributed by atoms with Crippen molar-refractivity contribution >= 4 is 0 Å². The van der Waals surface area contributed by atoms with Gasteiger partial charge in [-0.2, -0.15) is 17.6 Å². The number of hydrogen-bond acceptors (Lipinski definition) is 8. The van der Waals surface area contributed by atoms with Gasteiger partial charge in [0, 0.05) is 19.0 Å². The summed E-state index contributed by atoms with van der Waals surface area (Å²) in [5, 5.41) is 20.0. The number of rotatable bonds is 1. The van der Waals surface area contributed by atoms with E-state index in [4.69, 9.17) is 4.74 Å². The Hall–Kier alpha value is -7.94. The summed E-state index contributed by atoms with van der Waals surface area (Å²) in [6.07, 6.45) is 1.36. The van der Waals surface area contributed by atoms with Crippen LogP contribution in [0.2, 0.25) is 0 Å². The lowest BCUT2D eigenvalue weighted by atomic mass is 9.76. The zero-order chi connectivity index (χ0) is 84.3. The first-order valence-corrected chi connectivity index (χ1v) is 41.2. The number of ether oxygens (including phenoxy) is 5. The van der Waals surface area contributed by atoms with Gasteiger partial charge in [0.1, 0.15) is 11.5 Å². The van der Waals surface area contributed by atoms with Gasteiger partial charge in [-0.05, 0) is 258 Å².